The molecule has 0 fully saturated rings. The fourth-order valence-corrected chi connectivity index (χ4v) is 2.31. The number of hydrogen-bond acceptors (Lipinski definition) is 4. The van der Waals surface area contributed by atoms with E-state index in [0.29, 0.717) is 12.4 Å². The molecule has 0 spiro atoms. The Morgan fingerprint density at radius 2 is 1.89 bits per heavy atom. The summed E-state index contributed by atoms with van der Waals surface area (Å²) in [5.41, 5.74) is 3.22. The average molecular weight is 262 g/mol. The predicted molar refractivity (Wildman–Crippen MR) is 72.5 cm³/mol. The van der Waals surface area contributed by atoms with Crippen molar-refractivity contribution in [3.8, 4) is 11.5 Å². The van der Waals surface area contributed by atoms with Gasteiger partial charge in [0.15, 0.2) is 11.5 Å². The average Bonchev–Trinajstić information content (AvgIpc) is 2.79. The van der Waals surface area contributed by atoms with Gasteiger partial charge in [-0.1, -0.05) is 0 Å². The van der Waals surface area contributed by atoms with Gasteiger partial charge in [0.2, 0.25) is 0 Å². The zero-order chi connectivity index (χ0) is 13.8. The van der Waals surface area contributed by atoms with Crippen molar-refractivity contribution in [1.82, 2.24) is 0 Å². The van der Waals surface area contributed by atoms with Crippen molar-refractivity contribution < 1.29 is 19.0 Å². The van der Waals surface area contributed by atoms with Gasteiger partial charge < -0.3 is 14.2 Å². The molecule has 1 aliphatic rings. The highest BCUT2D eigenvalue weighted by Gasteiger charge is 2.20. The molecule has 1 aliphatic carbocycles. The van der Waals surface area contributed by atoms with Gasteiger partial charge in [0.25, 0.3) is 0 Å². The van der Waals surface area contributed by atoms with Crippen molar-refractivity contribution in [3.63, 3.8) is 0 Å². The Hall–Kier alpha value is -1.97. The zero-order valence-electron chi connectivity index (χ0n) is 11.5. The number of methoxy groups -OCH3 is 2. The summed E-state index contributed by atoms with van der Waals surface area (Å²) in [6, 6.07) is 3.90. The second-order valence-electron chi connectivity index (χ2n) is 4.29. The van der Waals surface area contributed by atoms with Crippen LogP contribution in [0.25, 0.3) is 5.57 Å². The fourth-order valence-electron chi connectivity index (χ4n) is 2.31. The molecule has 1 aromatic rings. The van der Waals surface area contributed by atoms with Gasteiger partial charge in [0, 0.05) is 6.08 Å². The number of carbonyl (C=O) groups is 1. The van der Waals surface area contributed by atoms with E-state index in [9.17, 15) is 4.79 Å². The molecule has 4 heteroatoms. The van der Waals surface area contributed by atoms with E-state index < -0.39 is 0 Å². The van der Waals surface area contributed by atoms with Crippen LogP contribution in [0.3, 0.4) is 0 Å². The molecule has 0 amide bonds. The summed E-state index contributed by atoms with van der Waals surface area (Å²) in [5, 5.41) is 0. The lowest BCUT2D eigenvalue weighted by Crippen LogP contribution is -2.00. The lowest BCUT2D eigenvalue weighted by molar-refractivity contribution is -0.137. The summed E-state index contributed by atoms with van der Waals surface area (Å²) >= 11 is 0. The van der Waals surface area contributed by atoms with Gasteiger partial charge in [-0.15, -0.1) is 0 Å². The second-order valence-corrected chi connectivity index (χ2v) is 4.29. The highest BCUT2D eigenvalue weighted by Crippen LogP contribution is 2.39. The van der Waals surface area contributed by atoms with Crippen LogP contribution in [-0.4, -0.2) is 26.8 Å². The Balaban J connectivity index is 2.36. The van der Waals surface area contributed by atoms with Crippen LogP contribution in [0.1, 0.15) is 24.5 Å². The van der Waals surface area contributed by atoms with Gasteiger partial charge in [-0.3, -0.25) is 0 Å². The van der Waals surface area contributed by atoms with Crippen molar-refractivity contribution in [2.24, 2.45) is 0 Å². The largest absolute Gasteiger partial charge is 0.493 e. The summed E-state index contributed by atoms with van der Waals surface area (Å²) in [6.45, 7) is 2.19. The number of fused-ring (bicyclic) bond motifs is 1. The van der Waals surface area contributed by atoms with E-state index in [1.54, 1.807) is 27.2 Å². The molecule has 1 aromatic carbocycles. The van der Waals surface area contributed by atoms with Crippen molar-refractivity contribution in [2.75, 3.05) is 20.8 Å². The van der Waals surface area contributed by atoms with Crippen molar-refractivity contribution in [1.29, 1.82) is 0 Å². The Kier molecular flexibility index (Phi) is 4.10. The van der Waals surface area contributed by atoms with E-state index in [1.807, 2.05) is 12.1 Å². The molecule has 0 bridgehead atoms. The summed E-state index contributed by atoms with van der Waals surface area (Å²) < 4.78 is 15.5. The minimum atomic E-state index is -0.292. The zero-order valence-corrected chi connectivity index (χ0v) is 11.5. The third-order valence-electron chi connectivity index (χ3n) is 3.20. The third kappa shape index (κ3) is 2.72. The van der Waals surface area contributed by atoms with E-state index >= 15 is 0 Å². The molecule has 0 aromatic heterocycles. The smallest absolute Gasteiger partial charge is 0.331 e. The Bertz CT molecular complexity index is 517. The monoisotopic (exact) mass is 262 g/mol. The number of rotatable bonds is 4. The molecule has 4 nitrogen and oxygen atoms in total. The van der Waals surface area contributed by atoms with Crippen LogP contribution < -0.4 is 9.47 Å². The van der Waals surface area contributed by atoms with Crippen molar-refractivity contribution in [2.45, 2.75) is 19.8 Å². The lowest BCUT2D eigenvalue weighted by atomic mass is 10.1. The standard InChI is InChI=1S/C15H18O4/c1-4-19-15(16)8-11-6-5-10-7-13(17-2)14(18-3)9-12(10)11/h7-9H,4-6H2,1-3H3. The molecule has 0 N–H and O–H groups in total. The van der Waals surface area contributed by atoms with Crippen LogP contribution in [-0.2, 0) is 16.0 Å². The van der Waals surface area contributed by atoms with Crippen LogP contribution in [0.15, 0.2) is 18.2 Å². The molecule has 0 saturated heterocycles. The first-order valence-corrected chi connectivity index (χ1v) is 6.32. The number of esters is 1. The lowest BCUT2D eigenvalue weighted by Gasteiger charge is -2.10. The van der Waals surface area contributed by atoms with Crippen LogP contribution in [0.5, 0.6) is 11.5 Å². The molecule has 0 atom stereocenters. The molecule has 0 aliphatic heterocycles. The van der Waals surface area contributed by atoms with Gasteiger partial charge >= 0.3 is 5.97 Å². The van der Waals surface area contributed by atoms with E-state index in [0.717, 1.165) is 29.7 Å². The maximum atomic E-state index is 11.5. The van der Waals surface area contributed by atoms with Gasteiger partial charge in [-0.2, -0.15) is 0 Å². The minimum absolute atomic E-state index is 0.292. The van der Waals surface area contributed by atoms with E-state index in [4.69, 9.17) is 14.2 Å². The maximum absolute atomic E-state index is 11.5. The minimum Gasteiger partial charge on any atom is -0.493 e. The SMILES string of the molecule is CCOC(=O)C=C1CCc2cc(OC)c(OC)cc21. The molecular weight excluding hydrogens is 244 g/mol. The third-order valence-corrected chi connectivity index (χ3v) is 3.20. The summed E-state index contributed by atoms with van der Waals surface area (Å²) in [6.07, 6.45) is 3.31. The topological polar surface area (TPSA) is 44.8 Å². The molecule has 0 unspecified atom stereocenters. The number of ether oxygens (including phenoxy) is 3. The maximum Gasteiger partial charge on any atom is 0.331 e. The summed E-state index contributed by atoms with van der Waals surface area (Å²) in [7, 11) is 3.22. The number of carbonyl (C=O) groups excluding carboxylic acids is 1. The normalized spacial score (nSPS) is 15.2. The van der Waals surface area contributed by atoms with Gasteiger partial charge in [-0.05, 0) is 48.6 Å². The molecule has 0 heterocycles. The van der Waals surface area contributed by atoms with Crippen LogP contribution in [0.4, 0.5) is 0 Å². The highest BCUT2D eigenvalue weighted by molar-refractivity contribution is 5.93. The predicted octanol–water partition coefficient (Wildman–Crippen LogP) is 2.60. The summed E-state index contributed by atoms with van der Waals surface area (Å²) in [4.78, 5) is 11.5. The van der Waals surface area contributed by atoms with Crippen LogP contribution in [0, 0.1) is 0 Å². The molecule has 2 rings (SSSR count). The van der Waals surface area contributed by atoms with E-state index in [-0.39, 0.29) is 5.97 Å². The van der Waals surface area contributed by atoms with Crippen molar-refractivity contribution in [3.05, 3.63) is 29.3 Å². The molecule has 0 radical (unpaired) electrons. The first-order chi connectivity index (χ1) is 9.19. The van der Waals surface area contributed by atoms with Gasteiger partial charge in [-0.25, -0.2) is 4.79 Å². The molecule has 19 heavy (non-hydrogen) atoms. The van der Waals surface area contributed by atoms with E-state index in [1.165, 1.54) is 5.56 Å². The number of aryl methyl sites for hydroxylation is 1. The molecular formula is C15H18O4. The molecule has 102 valence electrons. The number of hydrogen-bond donors (Lipinski definition) is 0. The van der Waals surface area contributed by atoms with Crippen LogP contribution in [0.2, 0.25) is 0 Å². The number of benzene rings is 1. The van der Waals surface area contributed by atoms with Crippen LogP contribution >= 0.6 is 0 Å². The summed E-state index contributed by atoms with van der Waals surface area (Å²) in [5.74, 6) is 1.11. The fraction of sp³-hybridized carbons (Fsp3) is 0.400. The number of allylic oxidation sites excluding steroid dienone is 1. The first kappa shape index (κ1) is 13.5. The highest BCUT2D eigenvalue weighted by atomic mass is 16.5. The van der Waals surface area contributed by atoms with Gasteiger partial charge in [0.1, 0.15) is 0 Å². The quantitative estimate of drug-likeness (QED) is 0.618. The Morgan fingerprint density at radius 3 is 2.53 bits per heavy atom. The Morgan fingerprint density at radius 1 is 1.21 bits per heavy atom. The van der Waals surface area contributed by atoms with E-state index in [2.05, 4.69) is 0 Å². The molecule has 0 saturated carbocycles. The second kappa shape index (κ2) is 5.78. The van der Waals surface area contributed by atoms with Gasteiger partial charge in [0.05, 0.1) is 20.8 Å². The van der Waals surface area contributed by atoms with Crippen molar-refractivity contribution >= 4 is 11.5 Å². The first-order valence-electron chi connectivity index (χ1n) is 6.32. The Labute approximate surface area is 113 Å².